The predicted molar refractivity (Wildman–Crippen MR) is 59.9 cm³/mol. The van der Waals surface area contributed by atoms with E-state index in [1.165, 1.54) is 0 Å². The zero-order chi connectivity index (χ0) is 12.5. The van der Waals surface area contributed by atoms with Crippen molar-refractivity contribution in [2.24, 2.45) is 0 Å². The minimum absolute atomic E-state index is 0.323. The summed E-state index contributed by atoms with van der Waals surface area (Å²) >= 11 is 0. The van der Waals surface area contributed by atoms with Gasteiger partial charge in [0.1, 0.15) is 0 Å². The highest BCUT2D eigenvalue weighted by Crippen LogP contribution is 2.35. The van der Waals surface area contributed by atoms with E-state index in [-0.39, 0.29) is 0 Å². The summed E-state index contributed by atoms with van der Waals surface area (Å²) in [6.07, 6.45) is 0.490. The number of halogens is 2. The molecule has 1 heterocycles. The van der Waals surface area contributed by atoms with Crippen LogP contribution in [-0.2, 0) is 5.92 Å². The normalized spacial score (nSPS) is 11.6. The quantitative estimate of drug-likeness (QED) is 0.833. The Hall–Kier alpha value is -2.04. The third-order valence-electron chi connectivity index (χ3n) is 2.30. The Bertz CT molecular complexity index is 569. The van der Waals surface area contributed by atoms with Crippen LogP contribution >= 0.6 is 0 Å². The van der Waals surface area contributed by atoms with Crippen molar-refractivity contribution < 1.29 is 13.9 Å². The third kappa shape index (κ3) is 2.08. The second-order valence-electron chi connectivity index (χ2n) is 3.58. The number of rotatable bonds is 3. The molecule has 5 heteroatoms. The van der Waals surface area contributed by atoms with Crippen molar-refractivity contribution in [3.63, 3.8) is 0 Å². The van der Waals surface area contributed by atoms with Gasteiger partial charge < -0.3 is 5.11 Å². The number of fused-ring (bicyclic) bond motifs is 1. The van der Waals surface area contributed by atoms with Crippen LogP contribution < -0.4 is 0 Å². The molecule has 1 aromatic carbocycles. The van der Waals surface area contributed by atoms with Gasteiger partial charge in [0.15, 0.2) is 5.69 Å². The van der Waals surface area contributed by atoms with E-state index in [1.54, 1.807) is 24.3 Å². The molecule has 0 fully saturated rings. The zero-order valence-electron chi connectivity index (χ0n) is 8.90. The number of hydrogen-bond donors (Lipinski definition) is 1. The van der Waals surface area contributed by atoms with E-state index in [9.17, 15) is 13.9 Å². The topological polar surface area (TPSA) is 46.0 Å². The molecule has 0 unspecified atom stereocenters. The summed E-state index contributed by atoms with van der Waals surface area (Å²) in [5.41, 5.74) is -0.0108. The Morgan fingerprint density at radius 3 is 2.41 bits per heavy atom. The van der Waals surface area contributed by atoms with Gasteiger partial charge in [0.2, 0.25) is 5.88 Å². The van der Waals surface area contributed by atoms with Gasteiger partial charge in [-0.2, -0.15) is 8.78 Å². The summed E-state index contributed by atoms with van der Waals surface area (Å²) in [7, 11) is 0. The van der Waals surface area contributed by atoms with Crippen LogP contribution in [0.15, 0.2) is 36.9 Å². The first kappa shape index (κ1) is 11.4. The number of hydrogen-bond acceptors (Lipinski definition) is 3. The number of aromatic nitrogens is 2. The smallest absolute Gasteiger partial charge is 0.298 e. The minimum atomic E-state index is -3.26. The largest absolute Gasteiger partial charge is 0.492 e. The molecule has 0 aliphatic rings. The molecule has 1 N–H and O–H groups in total. The molecule has 0 saturated heterocycles. The Kier molecular flexibility index (Phi) is 2.75. The van der Waals surface area contributed by atoms with E-state index in [2.05, 4.69) is 16.5 Å². The summed E-state index contributed by atoms with van der Waals surface area (Å²) in [4.78, 5) is 7.46. The fourth-order valence-electron chi connectivity index (χ4n) is 1.51. The molecule has 1 aromatic heterocycles. The lowest BCUT2D eigenvalue weighted by atomic mass is 10.1. The van der Waals surface area contributed by atoms with Crippen LogP contribution in [0.5, 0.6) is 5.88 Å². The number of alkyl halides is 2. The summed E-state index contributed by atoms with van der Waals surface area (Å²) in [6.45, 7) is 3.25. The number of benzene rings is 1. The van der Waals surface area contributed by atoms with Crippen LogP contribution in [-0.4, -0.2) is 15.1 Å². The maximum absolute atomic E-state index is 13.6. The molecule has 0 saturated carbocycles. The monoisotopic (exact) mass is 236 g/mol. The SMILES string of the molecule is C=CCC(F)(F)c1nc2ccccc2nc1O. The van der Waals surface area contributed by atoms with Gasteiger partial charge in [-0.25, -0.2) is 9.97 Å². The van der Waals surface area contributed by atoms with E-state index >= 15 is 0 Å². The summed E-state index contributed by atoms with van der Waals surface area (Å²) < 4.78 is 27.2. The number of para-hydroxylation sites is 2. The van der Waals surface area contributed by atoms with Gasteiger partial charge in [0.05, 0.1) is 11.0 Å². The average molecular weight is 236 g/mol. The first-order chi connectivity index (χ1) is 8.04. The summed E-state index contributed by atoms with van der Waals surface area (Å²) in [6, 6.07) is 6.52. The summed E-state index contributed by atoms with van der Waals surface area (Å²) in [5, 5.41) is 9.48. The lowest BCUT2D eigenvalue weighted by Crippen LogP contribution is -2.15. The molecule has 0 radical (unpaired) electrons. The maximum atomic E-state index is 13.6. The van der Waals surface area contributed by atoms with Gasteiger partial charge in [-0.05, 0) is 12.1 Å². The van der Waals surface area contributed by atoms with Crippen molar-refractivity contribution in [3.8, 4) is 5.88 Å². The molecular formula is C12H10F2N2O. The molecule has 0 spiro atoms. The fourth-order valence-corrected chi connectivity index (χ4v) is 1.51. The predicted octanol–water partition coefficient (Wildman–Crippen LogP) is 3.00. The summed E-state index contributed by atoms with van der Waals surface area (Å²) in [5.74, 6) is -4.00. The molecule has 2 aromatic rings. The van der Waals surface area contributed by atoms with Gasteiger partial charge in [-0.3, -0.25) is 0 Å². The van der Waals surface area contributed by atoms with Crippen LogP contribution in [0.3, 0.4) is 0 Å². The first-order valence-corrected chi connectivity index (χ1v) is 4.99. The van der Waals surface area contributed by atoms with E-state index in [1.807, 2.05) is 0 Å². The number of nitrogens with zero attached hydrogens (tertiary/aromatic N) is 2. The highest BCUT2D eigenvalue weighted by molar-refractivity contribution is 5.74. The molecule has 2 rings (SSSR count). The molecule has 0 aliphatic heterocycles. The number of allylic oxidation sites excluding steroid dienone is 1. The molecule has 0 aliphatic carbocycles. The van der Waals surface area contributed by atoms with E-state index in [0.29, 0.717) is 11.0 Å². The minimum Gasteiger partial charge on any atom is -0.492 e. The van der Waals surface area contributed by atoms with Gasteiger partial charge in [0.25, 0.3) is 5.92 Å². The van der Waals surface area contributed by atoms with Gasteiger partial charge in [0, 0.05) is 6.42 Å². The standard InChI is InChI=1S/C12H10F2N2O/c1-2-7-12(13,14)10-11(17)16-9-6-4-3-5-8(9)15-10/h2-6H,1,7H2,(H,16,17). The Balaban J connectivity index is 2.61. The first-order valence-electron chi connectivity index (χ1n) is 4.99. The van der Waals surface area contributed by atoms with Crippen LogP contribution in [0, 0.1) is 0 Å². The van der Waals surface area contributed by atoms with Gasteiger partial charge in [-0.15, -0.1) is 6.58 Å². The second-order valence-corrected chi connectivity index (χ2v) is 3.58. The lowest BCUT2D eigenvalue weighted by Gasteiger charge is -2.14. The Morgan fingerprint density at radius 1 is 1.24 bits per heavy atom. The highest BCUT2D eigenvalue weighted by atomic mass is 19.3. The lowest BCUT2D eigenvalue weighted by molar-refractivity contribution is -0.00791. The van der Waals surface area contributed by atoms with Crippen LogP contribution in [0.25, 0.3) is 11.0 Å². The van der Waals surface area contributed by atoms with Crippen molar-refractivity contribution in [3.05, 3.63) is 42.6 Å². The van der Waals surface area contributed by atoms with Crippen LogP contribution in [0.2, 0.25) is 0 Å². The zero-order valence-corrected chi connectivity index (χ0v) is 8.90. The van der Waals surface area contributed by atoms with Crippen LogP contribution in [0.4, 0.5) is 8.78 Å². The van der Waals surface area contributed by atoms with Crippen molar-refractivity contribution in [1.82, 2.24) is 9.97 Å². The molecule has 3 nitrogen and oxygen atoms in total. The van der Waals surface area contributed by atoms with Crippen molar-refractivity contribution in [1.29, 1.82) is 0 Å². The Morgan fingerprint density at radius 2 is 1.82 bits per heavy atom. The fraction of sp³-hybridized carbons (Fsp3) is 0.167. The highest BCUT2D eigenvalue weighted by Gasteiger charge is 2.35. The molecule has 0 atom stereocenters. The maximum Gasteiger partial charge on any atom is 0.298 e. The van der Waals surface area contributed by atoms with E-state index in [0.717, 1.165) is 6.08 Å². The molecule has 88 valence electrons. The van der Waals surface area contributed by atoms with Gasteiger partial charge in [-0.1, -0.05) is 18.2 Å². The van der Waals surface area contributed by atoms with Crippen molar-refractivity contribution in [2.45, 2.75) is 12.3 Å². The Labute approximate surface area is 96.4 Å². The van der Waals surface area contributed by atoms with Crippen LogP contribution in [0.1, 0.15) is 12.1 Å². The molecular weight excluding hydrogens is 226 g/mol. The van der Waals surface area contributed by atoms with E-state index < -0.39 is 23.9 Å². The average Bonchev–Trinajstić information content (AvgIpc) is 2.27. The van der Waals surface area contributed by atoms with Crippen molar-refractivity contribution >= 4 is 11.0 Å². The number of aromatic hydroxyl groups is 1. The van der Waals surface area contributed by atoms with Gasteiger partial charge >= 0.3 is 0 Å². The molecule has 0 bridgehead atoms. The second kappa shape index (κ2) is 4.08. The molecule has 0 amide bonds. The van der Waals surface area contributed by atoms with E-state index in [4.69, 9.17) is 0 Å². The third-order valence-corrected chi connectivity index (χ3v) is 2.30. The van der Waals surface area contributed by atoms with Crippen molar-refractivity contribution in [2.75, 3.05) is 0 Å². The molecule has 17 heavy (non-hydrogen) atoms.